The summed E-state index contributed by atoms with van der Waals surface area (Å²) in [4.78, 5) is 25.9. The topological polar surface area (TPSA) is 106 Å². The molecule has 0 fully saturated rings. The van der Waals surface area contributed by atoms with E-state index in [-0.39, 0.29) is 12.2 Å². The summed E-state index contributed by atoms with van der Waals surface area (Å²) in [5.41, 5.74) is -0.494. The van der Waals surface area contributed by atoms with E-state index in [0.717, 1.165) is 19.4 Å². The minimum Gasteiger partial charge on any atom is -0.466 e. The lowest BCUT2D eigenvalue weighted by Gasteiger charge is -2.17. The van der Waals surface area contributed by atoms with Crippen LogP contribution in [0.1, 0.15) is 35.4 Å². The molecule has 0 saturated heterocycles. The van der Waals surface area contributed by atoms with Gasteiger partial charge in [-0.3, -0.25) is 4.79 Å². The highest BCUT2D eigenvalue weighted by Gasteiger charge is 2.24. The van der Waals surface area contributed by atoms with Crippen LogP contribution in [0.3, 0.4) is 0 Å². The lowest BCUT2D eigenvalue weighted by atomic mass is 10.0. The Hall–Kier alpha value is -2.06. The van der Waals surface area contributed by atoms with Crippen molar-refractivity contribution >= 4 is 11.9 Å². The number of nitrogens with zero attached hydrogens (tertiary/aromatic N) is 1. The molecule has 7 nitrogen and oxygen atoms in total. The quantitative estimate of drug-likeness (QED) is 0.577. The molecule has 1 rings (SSSR count). The minimum absolute atomic E-state index is 0.0198. The van der Waals surface area contributed by atoms with Gasteiger partial charge in [-0.05, 0) is 13.0 Å². The number of hydrogen-bond donors (Lipinski definition) is 2. The van der Waals surface area contributed by atoms with Crippen molar-refractivity contribution in [2.75, 3.05) is 13.7 Å². The van der Waals surface area contributed by atoms with E-state index < -0.39 is 42.1 Å². The van der Waals surface area contributed by atoms with Crippen molar-refractivity contribution in [3.8, 4) is 0 Å². The first-order valence-electron chi connectivity index (χ1n) is 6.16. The third-order valence-corrected chi connectivity index (χ3v) is 2.65. The molecule has 0 aliphatic rings. The summed E-state index contributed by atoms with van der Waals surface area (Å²) in [6.45, 7) is 1.75. The van der Waals surface area contributed by atoms with Crippen LogP contribution in [0.15, 0.2) is 12.3 Å². The first kappa shape index (κ1) is 17.0. The van der Waals surface area contributed by atoms with Gasteiger partial charge < -0.3 is 19.7 Å². The van der Waals surface area contributed by atoms with Gasteiger partial charge in [-0.25, -0.2) is 9.78 Å². The number of rotatable bonds is 6. The van der Waals surface area contributed by atoms with Gasteiger partial charge >= 0.3 is 11.9 Å². The van der Waals surface area contributed by atoms with Crippen molar-refractivity contribution in [2.45, 2.75) is 25.6 Å². The van der Waals surface area contributed by atoms with Crippen LogP contribution in [0.25, 0.3) is 0 Å². The summed E-state index contributed by atoms with van der Waals surface area (Å²) >= 11 is 0. The fourth-order valence-electron chi connectivity index (χ4n) is 1.60. The number of hydrogen-bond acceptors (Lipinski definition) is 7. The summed E-state index contributed by atoms with van der Waals surface area (Å²) in [6.07, 6.45) is -2.48. The van der Waals surface area contributed by atoms with Gasteiger partial charge in [-0.1, -0.05) is 0 Å². The molecular weight excluding hydrogens is 285 g/mol. The molecule has 0 bridgehead atoms. The maximum atomic E-state index is 13.4. The van der Waals surface area contributed by atoms with Gasteiger partial charge in [0.2, 0.25) is 5.95 Å². The van der Waals surface area contributed by atoms with Crippen LogP contribution in [-0.2, 0) is 14.3 Å². The highest BCUT2D eigenvalue weighted by atomic mass is 19.1. The maximum Gasteiger partial charge on any atom is 0.342 e. The number of aliphatic hydroxyl groups is 2. The lowest BCUT2D eigenvalue weighted by Crippen LogP contribution is -2.23. The smallest absolute Gasteiger partial charge is 0.342 e. The monoisotopic (exact) mass is 301 g/mol. The third-order valence-electron chi connectivity index (χ3n) is 2.65. The Kier molecular flexibility index (Phi) is 6.19. The Morgan fingerprint density at radius 2 is 2.10 bits per heavy atom. The van der Waals surface area contributed by atoms with Crippen LogP contribution < -0.4 is 0 Å². The summed E-state index contributed by atoms with van der Waals surface area (Å²) in [7, 11) is 1.07. The van der Waals surface area contributed by atoms with Crippen LogP contribution in [-0.4, -0.2) is 47.0 Å². The zero-order chi connectivity index (χ0) is 16.0. The highest BCUT2D eigenvalue weighted by molar-refractivity contribution is 5.89. The number of aliphatic hydroxyl groups excluding tert-OH is 2. The largest absolute Gasteiger partial charge is 0.466 e. The Bertz CT molecular complexity index is 521. The van der Waals surface area contributed by atoms with Crippen molar-refractivity contribution < 1.29 is 33.7 Å². The van der Waals surface area contributed by atoms with Crippen LogP contribution in [0.2, 0.25) is 0 Å². The Morgan fingerprint density at radius 3 is 2.67 bits per heavy atom. The Morgan fingerprint density at radius 1 is 1.43 bits per heavy atom. The van der Waals surface area contributed by atoms with E-state index in [4.69, 9.17) is 0 Å². The number of pyridine rings is 1. The summed E-state index contributed by atoms with van der Waals surface area (Å²) < 4.78 is 22.4. The number of carbonyl (C=O) groups excluding carboxylic acids is 2. The van der Waals surface area contributed by atoms with E-state index in [9.17, 15) is 24.2 Å². The van der Waals surface area contributed by atoms with Crippen molar-refractivity contribution in [2.24, 2.45) is 0 Å². The van der Waals surface area contributed by atoms with Gasteiger partial charge in [0.05, 0.1) is 26.2 Å². The summed E-state index contributed by atoms with van der Waals surface area (Å²) in [5, 5.41) is 19.6. The van der Waals surface area contributed by atoms with E-state index in [1.54, 1.807) is 6.92 Å². The summed E-state index contributed by atoms with van der Waals surface area (Å²) in [6, 6.07) is 1.01. The molecule has 0 aliphatic carbocycles. The predicted octanol–water partition coefficient (Wildman–Crippen LogP) is 0.355. The van der Waals surface area contributed by atoms with E-state index in [2.05, 4.69) is 14.5 Å². The number of esters is 2. The molecule has 0 radical (unpaired) electrons. The molecule has 0 aromatic carbocycles. The van der Waals surface area contributed by atoms with E-state index in [1.165, 1.54) is 0 Å². The van der Waals surface area contributed by atoms with Gasteiger partial charge in [-0.2, -0.15) is 4.39 Å². The fourth-order valence-corrected chi connectivity index (χ4v) is 1.60. The zero-order valence-corrected chi connectivity index (χ0v) is 11.6. The van der Waals surface area contributed by atoms with Gasteiger partial charge in [-0.15, -0.1) is 0 Å². The molecule has 2 unspecified atom stereocenters. The number of halogens is 1. The Labute approximate surface area is 120 Å². The van der Waals surface area contributed by atoms with Crippen LogP contribution in [0.4, 0.5) is 4.39 Å². The normalized spacial score (nSPS) is 13.4. The molecule has 1 aromatic rings. The van der Waals surface area contributed by atoms with E-state index >= 15 is 0 Å². The van der Waals surface area contributed by atoms with Crippen LogP contribution in [0.5, 0.6) is 0 Å². The van der Waals surface area contributed by atoms with Gasteiger partial charge in [0.25, 0.3) is 0 Å². The molecule has 2 atom stereocenters. The third kappa shape index (κ3) is 4.47. The van der Waals surface area contributed by atoms with Crippen molar-refractivity contribution in [3.05, 3.63) is 29.3 Å². The molecule has 2 N–H and O–H groups in total. The van der Waals surface area contributed by atoms with E-state index in [0.29, 0.717) is 0 Å². The fraction of sp³-hybridized carbons (Fsp3) is 0.462. The molecule has 1 heterocycles. The maximum absolute atomic E-state index is 13.4. The lowest BCUT2D eigenvalue weighted by molar-refractivity contribution is -0.147. The van der Waals surface area contributed by atoms with Gasteiger partial charge in [0.15, 0.2) is 0 Å². The van der Waals surface area contributed by atoms with Gasteiger partial charge in [0, 0.05) is 11.8 Å². The average molecular weight is 301 g/mol. The first-order chi connectivity index (χ1) is 9.90. The van der Waals surface area contributed by atoms with Crippen LogP contribution >= 0.6 is 0 Å². The average Bonchev–Trinajstić information content (AvgIpc) is 2.46. The van der Waals surface area contributed by atoms with Crippen LogP contribution in [0, 0.1) is 5.95 Å². The van der Waals surface area contributed by atoms with E-state index in [1.807, 2.05) is 0 Å². The molecule has 0 spiro atoms. The van der Waals surface area contributed by atoms with Crippen molar-refractivity contribution in [1.82, 2.24) is 4.98 Å². The second-order valence-corrected chi connectivity index (χ2v) is 4.12. The number of methoxy groups -OCH3 is 1. The number of aromatic nitrogens is 1. The summed E-state index contributed by atoms with van der Waals surface area (Å²) in [5.74, 6) is -2.71. The SMILES string of the molecule is CCOC(=O)CC(O)C(O)c1cnc(F)c(C(=O)OC)c1. The number of ether oxygens (including phenoxy) is 2. The molecule has 21 heavy (non-hydrogen) atoms. The molecule has 0 saturated carbocycles. The zero-order valence-electron chi connectivity index (χ0n) is 11.6. The first-order valence-corrected chi connectivity index (χ1v) is 6.16. The highest BCUT2D eigenvalue weighted by Crippen LogP contribution is 2.21. The molecule has 0 aliphatic heterocycles. The second kappa shape index (κ2) is 7.65. The standard InChI is InChI=1S/C13H16FNO6/c1-3-21-10(17)5-9(16)11(18)7-4-8(13(19)20-2)12(14)15-6-7/h4,6,9,11,16,18H,3,5H2,1-2H3. The van der Waals surface area contributed by atoms with Crippen molar-refractivity contribution in [1.29, 1.82) is 0 Å². The Balaban J connectivity index is 2.89. The van der Waals surface area contributed by atoms with Crippen molar-refractivity contribution in [3.63, 3.8) is 0 Å². The molecular formula is C13H16FNO6. The molecule has 1 aromatic heterocycles. The molecule has 8 heteroatoms. The minimum atomic E-state index is -1.52. The second-order valence-electron chi connectivity index (χ2n) is 4.12. The molecule has 116 valence electrons. The van der Waals surface area contributed by atoms with Gasteiger partial charge in [0.1, 0.15) is 11.7 Å². The molecule has 0 amide bonds. The number of carbonyl (C=O) groups is 2. The predicted molar refractivity (Wildman–Crippen MR) is 67.8 cm³/mol.